The lowest BCUT2D eigenvalue weighted by atomic mass is 9.66. The van der Waals surface area contributed by atoms with Crippen LogP contribution in [0.2, 0.25) is 0 Å². The Labute approximate surface area is 115 Å². The highest BCUT2D eigenvalue weighted by Crippen LogP contribution is 2.45. The Bertz CT molecular complexity index is 482. The predicted molar refractivity (Wildman–Crippen MR) is 71.1 cm³/mol. The molecule has 19 heavy (non-hydrogen) atoms. The molecule has 0 radical (unpaired) electrons. The van der Waals surface area contributed by atoms with Crippen LogP contribution < -0.4 is 5.32 Å². The van der Waals surface area contributed by atoms with E-state index < -0.39 is 11.4 Å². The van der Waals surface area contributed by atoms with Crippen LogP contribution in [0.1, 0.15) is 44.0 Å². The molecule has 1 aliphatic carbocycles. The number of aromatic nitrogens is 2. The molecule has 104 valence electrons. The van der Waals surface area contributed by atoms with E-state index in [9.17, 15) is 9.59 Å². The second kappa shape index (κ2) is 5.64. The van der Waals surface area contributed by atoms with Crippen LogP contribution in [0.3, 0.4) is 0 Å². The van der Waals surface area contributed by atoms with Crippen LogP contribution in [0.5, 0.6) is 0 Å². The topological polar surface area (TPSA) is 92.2 Å². The van der Waals surface area contributed by atoms with Crippen LogP contribution in [0.25, 0.3) is 0 Å². The highest BCUT2D eigenvalue weighted by molar-refractivity contribution is 7.15. The summed E-state index contributed by atoms with van der Waals surface area (Å²) < 4.78 is 0. The summed E-state index contributed by atoms with van der Waals surface area (Å²) in [5, 5.41) is 20.9. The van der Waals surface area contributed by atoms with Crippen LogP contribution in [0.15, 0.2) is 0 Å². The van der Waals surface area contributed by atoms with Crippen LogP contribution in [0.4, 0.5) is 5.13 Å². The van der Waals surface area contributed by atoms with E-state index in [1.165, 1.54) is 11.3 Å². The molecular formula is C12H17N3O3S. The second-order valence-corrected chi connectivity index (χ2v) is 5.97. The van der Waals surface area contributed by atoms with Crippen molar-refractivity contribution in [1.82, 2.24) is 10.2 Å². The number of hydrogen-bond acceptors (Lipinski definition) is 5. The Balaban J connectivity index is 2.00. The smallest absolute Gasteiger partial charge is 0.304 e. The molecule has 1 aromatic rings. The van der Waals surface area contributed by atoms with Gasteiger partial charge in [-0.15, -0.1) is 10.2 Å². The Hall–Kier alpha value is -1.50. The van der Waals surface area contributed by atoms with E-state index in [-0.39, 0.29) is 12.3 Å². The Morgan fingerprint density at radius 2 is 2.16 bits per heavy atom. The Morgan fingerprint density at radius 1 is 1.42 bits per heavy atom. The first kappa shape index (κ1) is 13.9. The van der Waals surface area contributed by atoms with Crippen molar-refractivity contribution < 1.29 is 14.7 Å². The number of carbonyl (C=O) groups excluding carboxylic acids is 1. The minimum absolute atomic E-state index is 0.112. The van der Waals surface area contributed by atoms with E-state index in [2.05, 4.69) is 22.4 Å². The number of amides is 1. The van der Waals surface area contributed by atoms with Crippen LogP contribution in [0, 0.1) is 5.41 Å². The fourth-order valence-corrected chi connectivity index (χ4v) is 3.06. The third kappa shape index (κ3) is 3.09. The van der Waals surface area contributed by atoms with Gasteiger partial charge in [0.15, 0.2) is 0 Å². The number of carbonyl (C=O) groups is 2. The Morgan fingerprint density at radius 3 is 2.68 bits per heavy atom. The third-order valence-electron chi connectivity index (χ3n) is 3.43. The van der Waals surface area contributed by atoms with Gasteiger partial charge < -0.3 is 10.4 Å². The predicted octanol–water partition coefficient (Wildman–Crippen LogP) is 2.07. The lowest BCUT2D eigenvalue weighted by molar-refractivity contribution is -0.147. The average molecular weight is 283 g/mol. The SMILES string of the molecule is CCCc1nnc(NC(=O)C2(CC(=O)O)CCC2)s1. The highest BCUT2D eigenvalue weighted by Gasteiger charge is 2.46. The summed E-state index contributed by atoms with van der Waals surface area (Å²) in [5.74, 6) is -1.17. The number of hydrogen-bond donors (Lipinski definition) is 2. The zero-order valence-electron chi connectivity index (χ0n) is 10.8. The van der Waals surface area contributed by atoms with Gasteiger partial charge in [0.1, 0.15) is 5.01 Å². The molecule has 1 saturated carbocycles. The summed E-state index contributed by atoms with van der Waals surface area (Å²) in [6, 6.07) is 0. The summed E-state index contributed by atoms with van der Waals surface area (Å²) in [6.45, 7) is 2.05. The molecule has 0 aromatic carbocycles. The zero-order valence-corrected chi connectivity index (χ0v) is 11.6. The van der Waals surface area contributed by atoms with Crippen molar-refractivity contribution in [2.75, 3.05) is 5.32 Å². The van der Waals surface area contributed by atoms with Crippen molar-refractivity contribution in [3.05, 3.63) is 5.01 Å². The van der Waals surface area contributed by atoms with E-state index in [1.54, 1.807) is 0 Å². The van der Waals surface area contributed by atoms with Crippen molar-refractivity contribution in [1.29, 1.82) is 0 Å². The number of aliphatic carboxylic acids is 1. The molecule has 0 bridgehead atoms. The first-order chi connectivity index (χ1) is 9.05. The molecule has 7 heteroatoms. The fourth-order valence-electron chi connectivity index (χ4n) is 2.23. The van der Waals surface area contributed by atoms with Gasteiger partial charge in [-0.05, 0) is 19.3 Å². The van der Waals surface area contributed by atoms with Gasteiger partial charge in [-0.1, -0.05) is 24.7 Å². The maximum atomic E-state index is 12.2. The minimum atomic E-state index is -0.932. The summed E-state index contributed by atoms with van der Waals surface area (Å²) >= 11 is 1.35. The maximum Gasteiger partial charge on any atom is 0.304 e. The van der Waals surface area contributed by atoms with Gasteiger partial charge in [0, 0.05) is 6.42 Å². The Kier molecular flexibility index (Phi) is 4.14. The van der Waals surface area contributed by atoms with E-state index in [4.69, 9.17) is 5.11 Å². The number of anilines is 1. The first-order valence-corrected chi connectivity index (χ1v) is 7.23. The van der Waals surface area contributed by atoms with E-state index in [0.717, 1.165) is 24.3 Å². The lowest BCUT2D eigenvalue weighted by Crippen LogP contribution is -2.43. The van der Waals surface area contributed by atoms with Gasteiger partial charge in [-0.2, -0.15) is 0 Å². The molecule has 0 spiro atoms. The molecule has 6 nitrogen and oxygen atoms in total. The molecule has 0 aliphatic heterocycles. The van der Waals surface area contributed by atoms with Gasteiger partial charge in [0.05, 0.1) is 11.8 Å². The molecular weight excluding hydrogens is 266 g/mol. The molecule has 0 saturated heterocycles. The van der Waals surface area contributed by atoms with Crippen molar-refractivity contribution in [2.45, 2.75) is 45.4 Å². The van der Waals surface area contributed by atoms with E-state index >= 15 is 0 Å². The van der Waals surface area contributed by atoms with Crippen LogP contribution >= 0.6 is 11.3 Å². The molecule has 1 aliphatic rings. The van der Waals surface area contributed by atoms with Gasteiger partial charge in [0.2, 0.25) is 11.0 Å². The molecule has 2 N–H and O–H groups in total. The summed E-state index contributed by atoms with van der Waals surface area (Å²) in [6.07, 6.45) is 3.87. The first-order valence-electron chi connectivity index (χ1n) is 6.41. The number of nitrogens with one attached hydrogen (secondary N) is 1. The van der Waals surface area contributed by atoms with Gasteiger partial charge >= 0.3 is 5.97 Å². The van der Waals surface area contributed by atoms with Crippen molar-refractivity contribution in [3.63, 3.8) is 0 Å². The molecule has 1 heterocycles. The summed E-state index contributed by atoms with van der Waals surface area (Å²) in [4.78, 5) is 23.0. The molecule has 0 unspecified atom stereocenters. The molecule has 1 fully saturated rings. The fraction of sp³-hybridized carbons (Fsp3) is 0.667. The van der Waals surface area contributed by atoms with Gasteiger partial charge in [0.25, 0.3) is 0 Å². The van der Waals surface area contributed by atoms with Crippen molar-refractivity contribution in [2.24, 2.45) is 5.41 Å². The molecule has 2 rings (SSSR count). The summed E-state index contributed by atoms with van der Waals surface area (Å²) in [7, 11) is 0. The van der Waals surface area contributed by atoms with Crippen LogP contribution in [-0.2, 0) is 16.0 Å². The van der Waals surface area contributed by atoms with Crippen LogP contribution in [-0.4, -0.2) is 27.2 Å². The number of rotatable bonds is 6. The number of nitrogens with zero attached hydrogens (tertiary/aromatic N) is 2. The van der Waals surface area contributed by atoms with Crippen molar-refractivity contribution >= 4 is 28.3 Å². The normalized spacial score (nSPS) is 16.7. The average Bonchev–Trinajstić information content (AvgIpc) is 2.71. The van der Waals surface area contributed by atoms with E-state index in [0.29, 0.717) is 18.0 Å². The minimum Gasteiger partial charge on any atom is -0.481 e. The largest absolute Gasteiger partial charge is 0.481 e. The molecule has 1 amide bonds. The second-order valence-electron chi connectivity index (χ2n) is 4.91. The highest BCUT2D eigenvalue weighted by atomic mass is 32.1. The van der Waals surface area contributed by atoms with Gasteiger partial charge in [-0.25, -0.2) is 0 Å². The summed E-state index contributed by atoms with van der Waals surface area (Å²) in [5.41, 5.74) is -0.748. The third-order valence-corrected chi connectivity index (χ3v) is 4.33. The monoisotopic (exact) mass is 283 g/mol. The van der Waals surface area contributed by atoms with Gasteiger partial charge in [-0.3, -0.25) is 9.59 Å². The molecule has 1 aromatic heterocycles. The lowest BCUT2D eigenvalue weighted by Gasteiger charge is -2.38. The van der Waals surface area contributed by atoms with E-state index in [1.807, 2.05) is 0 Å². The number of carboxylic acid groups (broad SMARTS) is 1. The maximum absolute atomic E-state index is 12.2. The standard InChI is InChI=1S/C12H17N3O3S/c1-2-4-8-14-15-11(19-8)13-10(18)12(5-3-6-12)7-9(16)17/h2-7H2,1H3,(H,16,17)(H,13,15,18). The van der Waals surface area contributed by atoms with Crippen molar-refractivity contribution in [3.8, 4) is 0 Å². The number of aryl methyl sites for hydroxylation is 1. The quantitative estimate of drug-likeness (QED) is 0.833. The molecule has 0 atom stereocenters. The number of carboxylic acids is 1. The zero-order chi connectivity index (χ0) is 13.9.